The molecule has 1 fully saturated rings. The molecule has 0 aliphatic carbocycles. The molecule has 1 saturated heterocycles. The summed E-state index contributed by atoms with van der Waals surface area (Å²) in [7, 11) is -3.71. The van der Waals surface area contributed by atoms with Crippen LogP contribution in [0.15, 0.2) is 51.8 Å². The summed E-state index contributed by atoms with van der Waals surface area (Å²) in [6, 6.07) is 12.7. The summed E-state index contributed by atoms with van der Waals surface area (Å²) in [4.78, 5) is 0.178. The van der Waals surface area contributed by atoms with Crippen LogP contribution in [0.2, 0.25) is 0 Å². The zero-order valence-electron chi connectivity index (χ0n) is 15.2. The van der Waals surface area contributed by atoms with Crippen molar-refractivity contribution in [1.29, 1.82) is 0 Å². The molecule has 1 aliphatic rings. The second-order valence-corrected chi connectivity index (χ2v) is 9.83. The first-order valence-corrected chi connectivity index (χ1v) is 12.0. The molecule has 1 aliphatic heterocycles. The van der Waals surface area contributed by atoms with Gasteiger partial charge in [-0.15, -0.1) is 11.8 Å². The van der Waals surface area contributed by atoms with Crippen LogP contribution in [0.3, 0.4) is 0 Å². The zero-order valence-corrected chi connectivity index (χ0v) is 18.4. The normalized spacial score (nSPS) is 17.8. The maximum absolute atomic E-state index is 13.4. The largest absolute Gasteiger partial charge is 0.494 e. The Hall–Kier alpha value is -1.22. The van der Waals surface area contributed by atoms with Gasteiger partial charge in [0, 0.05) is 22.8 Å². The molecule has 3 rings (SSSR count). The molecule has 146 valence electrons. The SMILES string of the molecule is CCOc1ccc(S(=O)(=O)N2CCSC2c2ccc(Br)cc2)c(OCC)c1. The zero-order chi connectivity index (χ0) is 19.4. The molecule has 0 amide bonds. The highest BCUT2D eigenvalue weighted by atomic mass is 79.9. The number of hydrogen-bond acceptors (Lipinski definition) is 5. The van der Waals surface area contributed by atoms with E-state index in [4.69, 9.17) is 9.47 Å². The molecule has 1 heterocycles. The summed E-state index contributed by atoms with van der Waals surface area (Å²) >= 11 is 5.05. The first kappa shape index (κ1) is 20.5. The van der Waals surface area contributed by atoms with Gasteiger partial charge in [-0.2, -0.15) is 4.31 Å². The molecule has 27 heavy (non-hydrogen) atoms. The minimum atomic E-state index is -3.71. The van der Waals surface area contributed by atoms with E-state index in [1.54, 1.807) is 34.3 Å². The molecule has 8 heteroatoms. The summed E-state index contributed by atoms with van der Waals surface area (Å²) in [5.41, 5.74) is 0.966. The van der Waals surface area contributed by atoms with Crippen molar-refractivity contribution >= 4 is 37.7 Å². The van der Waals surface area contributed by atoms with Crippen LogP contribution in [0.5, 0.6) is 11.5 Å². The van der Waals surface area contributed by atoms with E-state index in [0.717, 1.165) is 15.8 Å². The van der Waals surface area contributed by atoms with Crippen LogP contribution in [0.4, 0.5) is 0 Å². The van der Waals surface area contributed by atoms with Crippen molar-refractivity contribution in [3.05, 3.63) is 52.5 Å². The monoisotopic (exact) mass is 471 g/mol. The van der Waals surface area contributed by atoms with Gasteiger partial charge >= 0.3 is 0 Å². The Morgan fingerprint density at radius 2 is 1.81 bits per heavy atom. The fourth-order valence-electron chi connectivity index (χ4n) is 2.94. The first-order valence-electron chi connectivity index (χ1n) is 8.76. The molecule has 1 unspecified atom stereocenters. The lowest BCUT2D eigenvalue weighted by Gasteiger charge is -2.25. The minimum absolute atomic E-state index is 0.178. The number of hydrogen-bond donors (Lipinski definition) is 0. The molecule has 2 aromatic rings. The van der Waals surface area contributed by atoms with Gasteiger partial charge in [-0.1, -0.05) is 28.1 Å². The van der Waals surface area contributed by atoms with Crippen LogP contribution in [0, 0.1) is 0 Å². The second-order valence-electron chi connectivity index (χ2n) is 5.87. The lowest BCUT2D eigenvalue weighted by molar-refractivity contribution is 0.315. The van der Waals surface area contributed by atoms with Crippen molar-refractivity contribution in [3.8, 4) is 11.5 Å². The minimum Gasteiger partial charge on any atom is -0.494 e. The standard InChI is InChI=1S/C19H22BrNO4S2/c1-3-24-16-9-10-18(17(13-16)25-4-2)27(22,23)21-11-12-26-19(21)14-5-7-15(20)8-6-14/h5-10,13,19H,3-4,11-12H2,1-2H3. The molecule has 0 saturated carbocycles. The number of thioether (sulfide) groups is 1. The first-order chi connectivity index (χ1) is 13.0. The number of halogens is 1. The van der Waals surface area contributed by atoms with Crippen LogP contribution >= 0.6 is 27.7 Å². The van der Waals surface area contributed by atoms with Gasteiger partial charge in [0.25, 0.3) is 0 Å². The van der Waals surface area contributed by atoms with Gasteiger partial charge < -0.3 is 9.47 Å². The van der Waals surface area contributed by atoms with Crippen molar-refractivity contribution in [2.24, 2.45) is 0 Å². The van der Waals surface area contributed by atoms with Crippen molar-refractivity contribution in [1.82, 2.24) is 4.31 Å². The molecule has 0 N–H and O–H groups in total. The Kier molecular flexibility index (Phi) is 6.73. The Morgan fingerprint density at radius 1 is 1.11 bits per heavy atom. The maximum atomic E-state index is 13.4. The average molecular weight is 472 g/mol. The Balaban J connectivity index is 1.98. The molecule has 2 aromatic carbocycles. The topological polar surface area (TPSA) is 55.8 Å². The number of rotatable bonds is 7. The van der Waals surface area contributed by atoms with Gasteiger partial charge in [-0.25, -0.2) is 8.42 Å². The van der Waals surface area contributed by atoms with Crippen LogP contribution < -0.4 is 9.47 Å². The van der Waals surface area contributed by atoms with Gasteiger partial charge in [0.1, 0.15) is 16.4 Å². The third kappa shape index (κ3) is 4.45. The highest BCUT2D eigenvalue weighted by Gasteiger charge is 2.38. The Bertz CT molecular complexity index is 887. The fourth-order valence-corrected chi connectivity index (χ4v) is 6.56. The molecule has 0 aromatic heterocycles. The van der Waals surface area contributed by atoms with E-state index in [9.17, 15) is 8.42 Å². The summed E-state index contributed by atoms with van der Waals surface area (Å²) in [6.45, 7) is 5.07. The molecular formula is C19H22BrNO4S2. The average Bonchev–Trinajstić information content (AvgIpc) is 3.14. The number of nitrogens with zero attached hydrogens (tertiary/aromatic N) is 1. The highest BCUT2D eigenvalue weighted by molar-refractivity contribution is 9.10. The molecule has 0 bridgehead atoms. The third-order valence-electron chi connectivity index (χ3n) is 4.12. The number of ether oxygens (including phenoxy) is 2. The second kappa shape index (κ2) is 8.86. The number of sulfonamides is 1. The Labute approximate surface area is 173 Å². The summed E-state index contributed by atoms with van der Waals surface area (Å²) < 4.78 is 40.5. The lowest BCUT2D eigenvalue weighted by Crippen LogP contribution is -2.31. The van der Waals surface area contributed by atoms with Gasteiger partial charge in [0.15, 0.2) is 0 Å². The van der Waals surface area contributed by atoms with E-state index < -0.39 is 10.0 Å². The molecule has 1 atom stereocenters. The van der Waals surface area contributed by atoms with Gasteiger partial charge in [-0.3, -0.25) is 0 Å². The molecule has 0 radical (unpaired) electrons. The van der Waals surface area contributed by atoms with E-state index in [-0.39, 0.29) is 10.3 Å². The van der Waals surface area contributed by atoms with Crippen LogP contribution in [0.25, 0.3) is 0 Å². The predicted molar refractivity (Wildman–Crippen MR) is 112 cm³/mol. The fraction of sp³-hybridized carbons (Fsp3) is 0.368. The lowest BCUT2D eigenvalue weighted by atomic mass is 10.2. The van der Waals surface area contributed by atoms with Gasteiger partial charge in [0.2, 0.25) is 10.0 Å². The quantitative estimate of drug-likeness (QED) is 0.586. The number of benzene rings is 2. The van der Waals surface area contributed by atoms with E-state index >= 15 is 0 Å². The van der Waals surface area contributed by atoms with E-state index in [1.807, 2.05) is 38.1 Å². The van der Waals surface area contributed by atoms with Crippen LogP contribution in [0.1, 0.15) is 24.8 Å². The Morgan fingerprint density at radius 3 is 2.48 bits per heavy atom. The van der Waals surface area contributed by atoms with Crippen molar-refractivity contribution in [2.75, 3.05) is 25.5 Å². The van der Waals surface area contributed by atoms with E-state index in [2.05, 4.69) is 15.9 Å². The molecular weight excluding hydrogens is 450 g/mol. The molecule has 5 nitrogen and oxygen atoms in total. The van der Waals surface area contributed by atoms with Crippen molar-refractivity contribution < 1.29 is 17.9 Å². The molecule has 0 spiro atoms. The van der Waals surface area contributed by atoms with E-state index in [1.165, 1.54) is 0 Å². The van der Waals surface area contributed by atoms with Crippen molar-refractivity contribution in [3.63, 3.8) is 0 Å². The smallest absolute Gasteiger partial charge is 0.248 e. The van der Waals surface area contributed by atoms with Crippen LogP contribution in [-0.2, 0) is 10.0 Å². The predicted octanol–water partition coefficient (Wildman–Crippen LogP) is 4.68. The van der Waals surface area contributed by atoms with E-state index in [0.29, 0.717) is 31.3 Å². The van der Waals surface area contributed by atoms with Gasteiger partial charge in [0.05, 0.1) is 18.6 Å². The summed E-state index contributed by atoms with van der Waals surface area (Å²) in [6.07, 6.45) is 0. The summed E-state index contributed by atoms with van der Waals surface area (Å²) in [5.74, 6) is 1.68. The third-order valence-corrected chi connectivity index (χ3v) is 7.94. The van der Waals surface area contributed by atoms with Crippen LogP contribution in [-0.4, -0.2) is 38.2 Å². The van der Waals surface area contributed by atoms with Crippen molar-refractivity contribution in [2.45, 2.75) is 24.1 Å². The van der Waals surface area contributed by atoms with Gasteiger partial charge in [-0.05, 0) is 43.7 Å². The summed E-state index contributed by atoms with van der Waals surface area (Å²) in [5, 5.41) is -0.246. The highest BCUT2D eigenvalue weighted by Crippen LogP contribution is 2.43. The maximum Gasteiger partial charge on any atom is 0.248 e.